The Hall–Kier alpha value is -3.28. The SMILES string of the molecule is Cc1cc(=O)oc2cc(CN3C(=O)C(=O)c4cc(F)ccc43)ccc12. The molecule has 3 aromatic rings. The molecule has 0 aliphatic carbocycles. The van der Waals surface area contributed by atoms with Crippen LogP contribution in [-0.2, 0) is 11.3 Å². The molecular formula is C19H12FNO4. The Morgan fingerprint density at radius 2 is 1.84 bits per heavy atom. The zero-order valence-corrected chi connectivity index (χ0v) is 13.2. The summed E-state index contributed by atoms with van der Waals surface area (Å²) in [5.74, 6) is -1.99. The summed E-state index contributed by atoms with van der Waals surface area (Å²) in [6, 6.07) is 10.4. The molecule has 0 saturated heterocycles. The Balaban J connectivity index is 1.76. The Kier molecular flexibility index (Phi) is 3.28. The third kappa shape index (κ3) is 2.42. The van der Waals surface area contributed by atoms with Crippen molar-refractivity contribution in [2.75, 3.05) is 4.90 Å². The number of carbonyl (C=O) groups is 2. The molecule has 1 aliphatic heterocycles. The maximum atomic E-state index is 13.3. The first-order valence-corrected chi connectivity index (χ1v) is 7.63. The van der Waals surface area contributed by atoms with Gasteiger partial charge in [-0.2, -0.15) is 0 Å². The van der Waals surface area contributed by atoms with Gasteiger partial charge in [0.05, 0.1) is 17.8 Å². The molecule has 1 aliphatic rings. The first kappa shape index (κ1) is 15.3. The zero-order chi connectivity index (χ0) is 17.7. The molecule has 0 bridgehead atoms. The number of nitrogens with zero attached hydrogens (tertiary/aromatic N) is 1. The summed E-state index contributed by atoms with van der Waals surface area (Å²) in [5, 5.41) is 0.801. The van der Waals surface area contributed by atoms with Crippen LogP contribution < -0.4 is 10.5 Å². The fraction of sp³-hybridized carbons (Fsp3) is 0.105. The van der Waals surface area contributed by atoms with Crippen LogP contribution in [0.3, 0.4) is 0 Å². The van der Waals surface area contributed by atoms with Crippen LogP contribution in [0.5, 0.6) is 0 Å². The summed E-state index contributed by atoms with van der Waals surface area (Å²) in [5.41, 5.74) is 1.90. The van der Waals surface area contributed by atoms with E-state index in [1.807, 2.05) is 6.92 Å². The van der Waals surface area contributed by atoms with Crippen molar-refractivity contribution in [2.45, 2.75) is 13.5 Å². The highest BCUT2D eigenvalue weighted by atomic mass is 19.1. The maximum Gasteiger partial charge on any atom is 0.336 e. The second-order valence-corrected chi connectivity index (χ2v) is 5.96. The van der Waals surface area contributed by atoms with Crippen LogP contribution >= 0.6 is 0 Å². The highest BCUT2D eigenvalue weighted by Crippen LogP contribution is 2.31. The van der Waals surface area contributed by atoms with E-state index in [0.717, 1.165) is 17.0 Å². The van der Waals surface area contributed by atoms with E-state index < -0.39 is 23.1 Å². The van der Waals surface area contributed by atoms with Gasteiger partial charge in [-0.05, 0) is 42.3 Å². The standard InChI is InChI=1S/C19H12FNO4/c1-10-6-17(22)25-16-7-11(2-4-13(10)16)9-21-15-5-3-12(20)8-14(15)18(23)19(21)24/h2-8H,9H2,1H3. The highest BCUT2D eigenvalue weighted by molar-refractivity contribution is 6.52. The van der Waals surface area contributed by atoms with Gasteiger partial charge in [0.2, 0.25) is 0 Å². The number of aryl methyl sites for hydroxylation is 1. The number of Topliss-reactive ketones (excluding diaryl/α,β-unsaturated/α-hetero) is 1. The molecule has 0 radical (unpaired) electrons. The number of hydrogen-bond acceptors (Lipinski definition) is 4. The number of ketones is 1. The molecule has 1 aromatic heterocycles. The van der Waals surface area contributed by atoms with Crippen LogP contribution in [0.1, 0.15) is 21.5 Å². The van der Waals surface area contributed by atoms with E-state index in [9.17, 15) is 18.8 Å². The van der Waals surface area contributed by atoms with E-state index in [1.54, 1.807) is 18.2 Å². The number of fused-ring (bicyclic) bond motifs is 2. The molecule has 25 heavy (non-hydrogen) atoms. The van der Waals surface area contributed by atoms with Crippen molar-refractivity contribution in [1.82, 2.24) is 0 Å². The summed E-state index contributed by atoms with van der Waals surface area (Å²) in [7, 11) is 0. The lowest BCUT2D eigenvalue weighted by molar-refractivity contribution is -0.114. The molecule has 0 N–H and O–H groups in total. The molecule has 124 valence electrons. The van der Waals surface area contributed by atoms with Gasteiger partial charge in [0.15, 0.2) is 0 Å². The number of rotatable bonds is 2. The molecule has 1 amide bonds. The Bertz CT molecular complexity index is 1120. The first-order valence-electron chi connectivity index (χ1n) is 7.63. The van der Waals surface area contributed by atoms with Crippen molar-refractivity contribution in [3.8, 4) is 0 Å². The van der Waals surface area contributed by atoms with Crippen molar-refractivity contribution < 1.29 is 18.4 Å². The van der Waals surface area contributed by atoms with Gasteiger partial charge in [-0.15, -0.1) is 0 Å². The second-order valence-electron chi connectivity index (χ2n) is 5.96. The number of benzene rings is 2. The zero-order valence-electron chi connectivity index (χ0n) is 13.2. The number of carbonyl (C=O) groups excluding carboxylic acids is 2. The molecule has 4 rings (SSSR count). The minimum absolute atomic E-state index is 0.0631. The van der Waals surface area contributed by atoms with E-state index in [2.05, 4.69) is 0 Å². The van der Waals surface area contributed by atoms with Crippen molar-refractivity contribution in [2.24, 2.45) is 0 Å². The lowest BCUT2D eigenvalue weighted by Crippen LogP contribution is -2.29. The Morgan fingerprint density at radius 1 is 1.04 bits per heavy atom. The molecule has 2 heterocycles. The summed E-state index contributed by atoms with van der Waals surface area (Å²) in [6.45, 7) is 1.93. The predicted molar refractivity (Wildman–Crippen MR) is 89.1 cm³/mol. The lowest BCUT2D eigenvalue weighted by Gasteiger charge is -2.16. The number of hydrogen-bond donors (Lipinski definition) is 0. The van der Waals surface area contributed by atoms with Crippen molar-refractivity contribution in [1.29, 1.82) is 0 Å². The monoisotopic (exact) mass is 337 g/mol. The number of anilines is 1. The van der Waals surface area contributed by atoms with Gasteiger partial charge >= 0.3 is 5.63 Å². The molecule has 6 heteroatoms. The highest BCUT2D eigenvalue weighted by Gasteiger charge is 2.36. The van der Waals surface area contributed by atoms with Crippen LogP contribution in [0.15, 0.2) is 51.7 Å². The van der Waals surface area contributed by atoms with Crippen LogP contribution in [0.2, 0.25) is 0 Å². The second kappa shape index (κ2) is 5.37. The van der Waals surface area contributed by atoms with Gasteiger partial charge in [-0.3, -0.25) is 9.59 Å². The largest absolute Gasteiger partial charge is 0.423 e. The van der Waals surface area contributed by atoms with Gasteiger partial charge in [0.25, 0.3) is 11.7 Å². The summed E-state index contributed by atoms with van der Waals surface area (Å²) in [4.78, 5) is 37.1. The molecule has 0 unspecified atom stereocenters. The van der Waals surface area contributed by atoms with Gasteiger partial charge in [0.1, 0.15) is 11.4 Å². The molecule has 0 spiro atoms. The third-order valence-corrected chi connectivity index (χ3v) is 4.29. The molecule has 0 fully saturated rings. The summed E-state index contributed by atoms with van der Waals surface area (Å²) in [6.07, 6.45) is 0. The fourth-order valence-corrected chi connectivity index (χ4v) is 3.08. The van der Waals surface area contributed by atoms with E-state index in [0.29, 0.717) is 16.8 Å². The normalized spacial score (nSPS) is 13.6. The average molecular weight is 337 g/mol. The van der Waals surface area contributed by atoms with Crippen LogP contribution in [-0.4, -0.2) is 11.7 Å². The predicted octanol–water partition coefficient (Wildman–Crippen LogP) is 2.97. The molecule has 5 nitrogen and oxygen atoms in total. The van der Waals surface area contributed by atoms with E-state index in [4.69, 9.17) is 4.42 Å². The minimum atomic E-state index is -0.724. The van der Waals surface area contributed by atoms with Gasteiger partial charge in [-0.25, -0.2) is 9.18 Å². The smallest absolute Gasteiger partial charge is 0.336 e. The average Bonchev–Trinajstić information content (AvgIpc) is 2.79. The molecule has 0 saturated carbocycles. The summed E-state index contributed by atoms with van der Waals surface area (Å²) >= 11 is 0. The lowest BCUT2D eigenvalue weighted by atomic mass is 10.1. The van der Waals surface area contributed by atoms with Gasteiger partial charge < -0.3 is 9.32 Å². The minimum Gasteiger partial charge on any atom is -0.423 e. The van der Waals surface area contributed by atoms with Gasteiger partial charge in [0, 0.05) is 11.5 Å². The molecule has 0 atom stereocenters. The fourth-order valence-electron chi connectivity index (χ4n) is 3.08. The summed E-state index contributed by atoms with van der Waals surface area (Å²) < 4.78 is 18.5. The van der Waals surface area contributed by atoms with E-state index in [1.165, 1.54) is 23.1 Å². The van der Waals surface area contributed by atoms with Gasteiger partial charge in [-0.1, -0.05) is 12.1 Å². The topological polar surface area (TPSA) is 67.6 Å². The van der Waals surface area contributed by atoms with Crippen molar-refractivity contribution >= 4 is 28.3 Å². The van der Waals surface area contributed by atoms with E-state index >= 15 is 0 Å². The van der Waals surface area contributed by atoms with Crippen LogP contribution in [0.4, 0.5) is 10.1 Å². The molecular weight excluding hydrogens is 325 g/mol. The Labute approximate surface area is 141 Å². The first-order chi connectivity index (χ1) is 11.9. The third-order valence-electron chi connectivity index (χ3n) is 4.29. The maximum absolute atomic E-state index is 13.3. The number of amides is 1. The quantitative estimate of drug-likeness (QED) is 0.533. The van der Waals surface area contributed by atoms with E-state index in [-0.39, 0.29) is 12.1 Å². The Morgan fingerprint density at radius 3 is 2.64 bits per heavy atom. The van der Waals surface area contributed by atoms with Crippen LogP contribution in [0, 0.1) is 12.7 Å². The van der Waals surface area contributed by atoms with Crippen LogP contribution in [0.25, 0.3) is 11.0 Å². The van der Waals surface area contributed by atoms with Crippen molar-refractivity contribution in [3.63, 3.8) is 0 Å². The van der Waals surface area contributed by atoms with Crippen molar-refractivity contribution in [3.05, 3.63) is 75.4 Å². The molecule has 2 aromatic carbocycles. The number of halogens is 1.